The molecule has 3 rings (SSSR count). The molecule has 0 radical (unpaired) electrons. The number of likely N-dealkylation sites (tertiary alicyclic amines) is 1. The molecule has 1 aromatic carbocycles. The van der Waals surface area contributed by atoms with Gasteiger partial charge in [0.2, 0.25) is 0 Å². The van der Waals surface area contributed by atoms with Crippen LogP contribution in [0, 0.1) is 5.92 Å². The van der Waals surface area contributed by atoms with Gasteiger partial charge in [-0.1, -0.05) is 37.3 Å². The Labute approximate surface area is 167 Å². The highest BCUT2D eigenvalue weighted by Gasteiger charge is 2.18. The topological polar surface area (TPSA) is 45.5 Å². The normalized spacial score (nSPS) is 15.8. The summed E-state index contributed by atoms with van der Waals surface area (Å²) in [6.07, 6.45) is 6.38. The van der Waals surface area contributed by atoms with Crippen molar-refractivity contribution in [3.05, 3.63) is 54.1 Å². The average molecular weight is 453 g/mol. The molecule has 6 heteroatoms. The van der Waals surface area contributed by atoms with Gasteiger partial charge in [0.25, 0.3) is 0 Å². The SMILES string of the molecule is CN=C(NCc1nccn1Cc1ccccc1)N1CCC(C)CC1.I. The third-order valence-corrected chi connectivity index (χ3v) is 4.70. The number of piperidine rings is 1. The van der Waals surface area contributed by atoms with Crippen molar-refractivity contribution in [1.29, 1.82) is 0 Å². The molecule has 1 aromatic heterocycles. The van der Waals surface area contributed by atoms with Crippen LogP contribution in [0.25, 0.3) is 0 Å². The van der Waals surface area contributed by atoms with Crippen molar-refractivity contribution < 1.29 is 0 Å². The number of aromatic nitrogens is 2. The third kappa shape index (κ3) is 5.45. The number of rotatable bonds is 4. The first-order valence-electron chi connectivity index (χ1n) is 8.76. The highest BCUT2D eigenvalue weighted by Crippen LogP contribution is 2.16. The van der Waals surface area contributed by atoms with Crippen molar-refractivity contribution in [2.24, 2.45) is 10.9 Å². The van der Waals surface area contributed by atoms with Crippen molar-refractivity contribution in [1.82, 2.24) is 19.8 Å². The summed E-state index contributed by atoms with van der Waals surface area (Å²) in [5.74, 6) is 2.84. The van der Waals surface area contributed by atoms with Gasteiger partial charge in [-0.15, -0.1) is 24.0 Å². The Morgan fingerprint density at radius 3 is 2.64 bits per heavy atom. The van der Waals surface area contributed by atoms with Crippen LogP contribution in [0.3, 0.4) is 0 Å². The quantitative estimate of drug-likeness (QED) is 0.439. The van der Waals surface area contributed by atoms with Gasteiger partial charge in [-0.05, 0) is 24.3 Å². The Morgan fingerprint density at radius 2 is 1.96 bits per heavy atom. The second-order valence-electron chi connectivity index (χ2n) is 6.53. The number of nitrogens with zero attached hydrogens (tertiary/aromatic N) is 4. The van der Waals surface area contributed by atoms with Gasteiger partial charge in [0.15, 0.2) is 5.96 Å². The molecule has 0 aliphatic carbocycles. The number of nitrogens with one attached hydrogen (secondary N) is 1. The van der Waals surface area contributed by atoms with E-state index in [4.69, 9.17) is 0 Å². The Balaban J connectivity index is 0.00000225. The van der Waals surface area contributed by atoms with Crippen LogP contribution < -0.4 is 5.32 Å². The highest BCUT2D eigenvalue weighted by molar-refractivity contribution is 14.0. The maximum atomic E-state index is 4.50. The first-order valence-corrected chi connectivity index (χ1v) is 8.76. The summed E-state index contributed by atoms with van der Waals surface area (Å²) >= 11 is 0. The van der Waals surface area contributed by atoms with Crippen LogP contribution in [0.4, 0.5) is 0 Å². The fourth-order valence-electron chi connectivity index (χ4n) is 3.14. The van der Waals surface area contributed by atoms with E-state index in [-0.39, 0.29) is 24.0 Å². The number of guanidine groups is 1. The minimum Gasteiger partial charge on any atom is -0.349 e. The first kappa shape index (κ1) is 19.8. The Hall–Kier alpha value is -1.57. The van der Waals surface area contributed by atoms with Crippen molar-refractivity contribution in [2.45, 2.75) is 32.9 Å². The van der Waals surface area contributed by atoms with Crippen molar-refractivity contribution in [3.8, 4) is 0 Å². The molecule has 1 aliphatic heterocycles. The summed E-state index contributed by atoms with van der Waals surface area (Å²) in [6, 6.07) is 10.5. The Morgan fingerprint density at radius 1 is 1.24 bits per heavy atom. The van der Waals surface area contributed by atoms with Gasteiger partial charge in [0.1, 0.15) is 5.82 Å². The van der Waals surface area contributed by atoms with Crippen molar-refractivity contribution >= 4 is 29.9 Å². The molecule has 0 amide bonds. The zero-order chi connectivity index (χ0) is 16.8. The van der Waals surface area contributed by atoms with Crippen LogP contribution in [0.5, 0.6) is 0 Å². The number of aliphatic imine (C=N–C) groups is 1. The maximum absolute atomic E-state index is 4.50. The van der Waals surface area contributed by atoms with Gasteiger partial charge in [-0.3, -0.25) is 4.99 Å². The van der Waals surface area contributed by atoms with Crippen LogP contribution in [-0.2, 0) is 13.1 Å². The van der Waals surface area contributed by atoms with Crippen molar-refractivity contribution in [3.63, 3.8) is 0 Å². The number of hydrogen-bond donors (Lipinski definition) is 1. The van der Waals surface area contributed by atoms with Crippen LogP contribution in [-0.4, -0.2) is 40.5 Å². The second-order valence-corrected chi connectivity index (χ2v) is 6.53. The van der Waals surface area contributed by atoms with Gasteiger partial charge < -0.3 is 14.8 Å². The zero-order valence-electron chi connectivity index (χ0n) is 15.1. The van der Waals surface area contributed by atoms with E-state index in [9.17, 15) is 0 Å². The molecule has 0 bridgehead atoms. The largest absolute Gasteiger partial charge is 0.349 e. The second kappa shape index (κ2) is 9.79. The molecule has 1 fully saturated rings. The van der Waals surface area contributed by atoms with E-state index in [0.29, 0.717) is 6.54 Å². The standard InChI is InChI=1S/C19H27N5.HI/c1-16-8-11-23(12-9-16)19(20-2)22-14-18-21-10-13-24(18)15-17-6-4-3-5-7-17;/h3-7,10,13,16H,8-9,11-12,14-15H2,1-2H3,(H,20,22);1H. The van der Waals surface area contributed by atoms with Gasteiger partial charge in [0.05, 0.1) is 6.54 Å². The molecule has 0 unspecified atom stereocenters. The predicted octanol–water partition coefficient (Wildman–Crippen LogP) is 3.36. The van der Waals surface area contributed by atoms with Gasteiger partial charge in [-0.2, -0.15) is 0 Å². The summed E-state index contributed by atoms with van der Waals surface area (Å²) < 4.78 is 2.19. The first-order chi connectivity index (χ1) is 11.8. The summed E-state index contributed by atoms with van der Waals surface area (Å²) in [7, 11) is 1.86. The fourth-order valence-corrected chi connectivity index (χ4v) is 3.14. The summed E-state index contributed by atoms with van der Waals surface area (Å²) in [5, 5.41) is 3.48. The molecule has 5 nitrogen and oxygen atoms in total. The lowest BCUT2D eigenvalue weighted by Crippen LogP contribution is -2.45. The average Bonchev–Trinajstić information content (AvgIpc) is 3.05. The number of halogens is 1. The molecule has 25 heavy (non-hydrogen) atoms. The molecular formula is C19H28IN5. The van der Waals surface area contributed by atoms with E-state index in [2.05, 4.69) is 55.9 Å². The molecule has 0 saturated carbocycles. The fraction of sp³-hybridized carbons (Fsp3) is 0.474. The molecule has 1 N–H and O–H groups in total. The lowest BCUT2D eigenvalue weighted by molar-refractivity contribution is 0.273. The molecule has 0 atom stereocenters. The Kier molecular flexibility index (Phi) is 7.74. The molecule has 2 aromatic rings. The van der Waals surface area contributed by atoms with E-state index in [0.717, 1.165) is 37.3 Å². The van der Waals surface area contributed by atoms with E-state index >= 15 is 0 Å². The third-order valence-electron chi connectivity index (χ3n) is 4.70. The zero-order valence-corrected chi connectivity index (χ0v) is 17.4. The minimum absolute atomic E-state index is 0. The molecular weight excluding hydrogens is 425 g/mol. The van der Waals surface area contributed by atoms with Gasteiger partial charge in [-0.25, -0.2) is 4.98 Å². The Bertz CT molecular complexity index is 659. The van der Waals surface area contributed by atoms with Crippen LogP contribution >= 0.6 is 24.0 Å². The predicted molar refractivity (Wildman–Crippen MR) is 113 cm³/mol. The smallest absolute Gasteiger partial charge is 0.194 e. The van der Waals surface area contributed by atoms with Crippen LogP contribution in [0.15, 0.2) is 47.7 Å². The molecule has 0 spiro atoms. The number of benzene rings is 1. The van der Waals surface area contributed by atoms with E-state index in [1.54, 1.807) is 0 Å². The van der Waals surface area contributed by atoms with E-state index in [1.807, 2.05) is 25.5 Å². The lowest BCUT2D eigenvalue weighted by Gasteiger charge is -2.32. The summed E-state index contributed by atoms with van der Waals surface area (Å²) in [4.78, 5) is 11.3. The summed E-state index contributed by atoms with van der Waals surface area (Å²) in [5.41, 5.74) is 1.28. The molecule has 2 heterocycles. The molecule has 1 aliphatic rings. The number of imidazole rings is 1. The molecule has 1 saturated heterocycles. The van der Waals surface area contributed by atoms with E-state index in [1.165, 1.54) is 18.4 Å². The summed E-state index contributed by atoms with van der Waals surface area (Å²) in [6.45, 7) is 6.03. The monoisotopic (exact) mass is 453 g/mol. The molecule has 136 valence electrons. The maximum Gasteiger partial charge on any atom is 0.194 e. The minimum atomic E-state index is 0. The van der Waals surface area contributed by atoms with Crippen LogP contribution in [0.1, 0.15) is 31.2 Å². The highest BCUT2D eigenvalue weighted by atomic mass is 127. The number of hydrogen-bond acceptors (Lipinski definition) is 2. The van der Waals surface area contributed by atoms with Gasteiger partial charge >= 0.3 is 0 Å². The van der Waals surface area contributed by atoms with Crippen LogP contribution in [0.2, 0.25) is 0 Å². The van der Waals surface area contributed by atoms with Crippen molar-refractivity contribution in [2.75, 3.05) is 20.1 Å². The lowest BCUT2D eigenvalue weighted by atomic mass is 10.00. The van der Waals surface area contributed by atoms with Gasteiger partial charge in [0, 0.05) is 39.1 Å². The van der Waals surface area contributed by atoms with E-state index < -0.39 is 0 Å².